The summed E-state index contributed by atoms with van der Waals surface area (Å²) in [5.74, 6) is 0. The Morgan fingerprint density at radius 3 is 2.12 bits per heavy atom. The average Bonchev–Trinajstić information content (AvgIpc) is 2.36. The lowest BCUT2D eigenvalue weighted by molar-refractivity contribution is 1.27. The van der Waals surface area contributed by atoms with Gasteiger partial charge in [-0.15, -0.1) is 0 Å². The van der Waals surface area contributed by atoms with E-state index in [1.165, 1.54) is 0 Å². The van der Waals surface area contributed by atoms with E-state index in [9.17, 15) is 4.79 Å². The van der Waals surface area contributed by atoms with E-state index in [0.29, 0.717) is 0 Å². The van der Waals surface area contributed by atoms with Gasteiger partial charge in [0.15, 0.2) is 0 Å². The van der Waals surface area contributed by atoms with Crippen molar-refractivity contribution in [1.29, 1.82) is 0 Å². The van der Waals surface area contributed by atoms with Crippen LogP contribution in [-0.4, -0.2) is 4.98 Å². The third-order valence-corrected chi connectivity index (χ3v) is 2.03. The standard InChI is InChI=1S/C10H9NO.2C2H6/c1-7-3-2-4-9-8(7)5-6-11-10(9)12;2*1-2/h2-6H,1H3,(H,11,12);2*1-2H3. The minimum absolute atomic E-state index is 0.0174. The molecule has 1 N–H and O–H groups in total. The quantitative estimate of drug-likeness (QED) is 0.716. The number of hydrogen-bond acceptors (Lipinski definition) is 1. The molecule has 2 heteroatoms. The van der Waals surface area contributed by atoms with Gasteiger partial charge in [0.05, 0.1) is 0 Å². The van der Waals surface area contributed by atoms with E-state index >= 15 is 0 Å². The summed E-state index contributed by atoms with van der Waals surface area (Å²) in [4.78, 5) is 13.9. The second-order valence-electron chi connectivity index (χ2n) is 2.84. The Morgan fingerprint density at radius 2 is 1.56 bits per heavy atom. The van der Waals surface area contributed by atoms with E-state index in [1.54, 1.807) is 6.20 Å². The minimum Gasteiger partial charge on any atom is -0.329 e. The fourth-order valence-electron chi connectivity index (χ4n) is 1.38. The molecule has 0 aliphatic carbocycles. The maximum absolute atomic E-state index is 11.3. The van der Waals surface area contributed by atoms with Gasteiger partial charge in [-0.25, -0.2) is 0 Å². The Labute approximate surface area is 97.3 Å². The molecule has 0 unspecified atom stereocenters. The van der Waals surface area contributed by atoms with E-state index < -0.39 is 0 Å². The molecule has 0 aliphatic heterocycles. The summed E-state index contributed by atoms with van der Waals surface area (Å²) in [5.41, 5.74) is 1.12. The molecule has 1 aromatic carbocycles. The summed E-state index contributed by atoms with van der Waals surface area (Å²) in [5, 5.41) is 1.79. The van der Waals surface area contributed by atoms with E-state index in [1.807, 2.05) is 58.9 Å². The molecule has 0 saturated heterocycles. The number of aromatic amines is 1. The van der Waals surface area contributed by atoms with Crippen LogP contribution in [0.2, 0.25) is 0 Å². The third-order valence-electron chi connectivity index (χ3n) is 2.03. The van der Waals surface area contributed by atoms with Gasteiger partial charge in [0.25, 0.3) is 5.56 Å². The SMILES string of the molecule is CC.CC.Cc1cccc2c(=O)[nH]ccc12. The highest BCUT2D eigenvalue weighted by molar-refractivity contribution is 5.84. The molecule has 0 amide bonds. The highest BCUT2D eigenvalue weighted by atomic mass is 16.1. The number of nitrogens with one attached hydrogen (secondary N) is 1. The van der Waals surface area contributed by atoms with Crippen LogP contribution in [0.5, 0.6) is 0 Å². The van der Waals surface area contributed by atoms with Gasteiger partial charge in [-0.2, -0.15) is 0 Å². The van der Waals surface area contributed by atoms with Crippen LogP contribution in [0.4, 0.5) is 0 Å². The van der Waals surface area contributed by atoms with Crippen LogP contribution in [-0.2, 0) is 0 Å². The second-order valence-corrected chi connectivity index (χ2v) is 2.84. The van der Waals surface area contributed by atoms with Gasteiger partial charge in [-0.1, -0.05) is 39.8 Å². The van der Waals surface area contributed by atoms with Crippen molar-refractivity contribution >= 4 is 10.8 Å². The molecular weight excluding hydrogens is 198 g/mol. The van der Waals surface area contributed by atoms with Gasteiger partial charge in [0, 0.05) is 11.6 Å². The third kappa shape index (κ3) is 3.23. The molecule has 0 radical (unpaired) electrons. The van der Waals surface area contributed by atoms with E-state index in [4.69, 9.17) is 0 Å². The first-order valence-electron chi connectivity index (χ1n) is 5.86. The molecule has 0 fully saturated rings. The second kappa shape index (κ2) is 7.69. The smallest absolute Gasteiger partial charge is 0.255 e. The number of rotatable bonds is 0. The van der Waals surface area contributed by atoms with Crippen LogP contribution in [0, 0.1) is 6.92 Å². The summed E-state index contributed by atoms with van der Waals surface area (Å²) in [6, 6.07) is 7.65. The molecule has 0 bridgehead atoms. The number of hydrogen-bond donors (Lipinski definition) is 1. The van der Waals surface area contributed by atoms with Crippen LogP contribution >= 0.6 is 0 Å². The Balaban J connectivity index is 0.000000509. The first kappa shape index (κ1) is 14.4. The van der Waals surface area contributed by atoms with Crippen molar-refractivity contribution in [3.05, 3.63) is 46.4 Å². The fraction of sp³-hybridized carbons (Fsp3) is 0.357. The first-order chi connectivity index (χ1) is 7.79. The summed E-state index contributed by atoms with van der Waals surface area (Å²) in [6.07, 6.45) is 1.68. The first-order valence-corrected chi connectivity index (χ1v) is 5.86. The maximum atomic E-state index is 11.3. The van der Waals surface area contributed by atoms with Gasteiger partial charge in [0.2, 0.25) is 0 Å². The van der Waals surface area contributed by atoms with Gasteiger partial charge >= 0.3 is 0 Å². The van der Waals surface area contributed by atoms with Crippen molar-refractivity contribution in [1.82, 2.24) is 4.98 Å². The van der Waals surface area contributed by atoms with Gasteiger partial charge < -0.3 is 4.98 Å². The summed E-state index contributed by atoms with van der Waals surface area (Å²) in [7, 11) is 0. The molecule has 1 aromatic heterocycles. The number of H-pyrrole nitrogens is 1. The van der Waals surface area contributed by atoms with Gasteiger partial charge in [-0.3, -0.25) is 4.79 Å². The average molecular weight is 219 g/mol. The minimum atomic E-state index is -0.0174. The van der Waals surface area contributed by atoms with E-state index in [-0.39, 0.29) is 5.56 Å². The largest absolute Gasteiger partial charge is 0.329 e. The Hall–Kier alpha value is -1.57. The zero-order chi connectivity index (χ0) is 12.6. The molecule has 1 heterocycles. The molecule has 16 heavy (non-hydrogen) atoms. The predicted octanol–water partition coefficient (Wildman–Crippen LogP) is 3.89. The van der Waals surface area contributed by atoms with Crippen LogP contribution in [0.15, 0.2) is 35.3 Å². The molecule has 0 aliphatic rings. The van der Waals surface area contributed by atoms with Gasteiger partial charge in [-0.05, 0) is 30.0 Å². The Kier molecular flexibility index (Phi) is 6.93. The topological polar surface area (TPSA) is 32.9 Å². The predicted molar refractivity (Wildman–Crippen MR) is 72.0 cm³/mol. The van der Waals surface area contributed by atoms with E-state index in [0.717, 1.165) is 16.3 Å². The highest BCUT2D eigenvalue weighted by Crippen LogP contribution is 2.12. The zero-order valence-corrected chi connectivity index (χ0v) is 10.8. The number of benzene rings is 1. The molecule has 0 atom stereocenters. The molecule has 0 spiro atoms. The van der Waals surface area contributed by atoms with Crippen molar-refractivity contribution in [2.45, 2.75) is 34.6 Å². The summed E-state index contributed by atoms with van der Waals surface area (Å²) in [6.45, 7) is 10.0. The van der Waals surface area contributed by atoms with Crippen LogP contribution in [0.1, 0.15) is 33.3 Å². The Bertz CT molecular complexity index is 471. The molecule has 0 saturated carbocycles. The van der Waals surface area contributed by atoms with Crippen LogP contribution in [0.25, 0.3) is 10.8 Å². The Morgan fingerprint density at radius 1 is 0.938 bits per heavy atom. The highest BCUT2D eigenvalue weighted by Gasteiger charge is 1.97. The fourth-order valence-corrected chi connectivity index (χ4v) is 1.38. The number of aromatic nitrogens is 1. The lowest BCUT2D eigenvalue weighted by Gasteiger charge is -1.98. The number of aryl methyl sites for hydroxylation is 1. The number of pyridine rings is 1. The normalized spacial score (nSPS) is 8.56. The molecule has 2 aromatic rings. The number of fused-ring (bicyclic) bond motifs is 1. The maximum Gasteiger partial charge on any atom is 0.255 e. The summed E-state index contributed by atoms with van der Waals surface area (Å²) < 4.78 is 0. The van der Waals surface area contributed by atoms with Crippen molar-refractivity contribution in [2.75, 3.05) is 0 Å². The monoisotopic (exact) mass is 219 g/mol. The molecular formula is C14H21NO. The molecule has 88 valence electrons. The summed E-state index contributed by atoms with van der Waals surface area (Å²) >= 11 is 0. The molecule has 2 rings (SSSR count). The molecule has 2 nitrogen and oxygen atoms in total. The van der Waals surface area contributed by atoms with Crippen molar-refractivity contribution in [3.63, 3.8) is 0 Å². The van der Waals surface area contributed by atoms with Gasteiger partial charge in [0.1, 0.15) is 0 Å². The van der Waals surface area contributed by atoms with Crippen molar-refractivity contribution in [3.8, 4) is 0 Å². The lowest BCUT2D eigenvalue weighted by atomic mass is 10.1. The zero-order valence-electron chi connectivity index (χ0n) is 10.8. The van der Waals surface area contributed by atoms with E-state index in [2.05, 4.69) is 4.98 Å². The van der Waals surface area contributed by atoms with Crippen LogP contribution in [0.3, 0.4) is 0 Å². The van der Waals surface area contributed by atoms with Crippen molar-refractivity contribution < 1.29 is 0 Å². The van der Waals surface area contributed by atoms with Crippen LogP contribution < -0.4 is 5.56 Å². The van der Waals surface area contributed by atoms with Crippen molar-refractivity contribution in [2.24, 2.45) is 0 Å². The lowest BCUT2D eigenvalue weighted by Crippen LogP contribution is -2.04.